The molecule has 0 aliphatic carbocycles. The Morgan fingerprint density at radius 3 is 2.65 bits per heavy atom. The summed E-state index contributed by atoms with van der Waals surface area (Å²) >= 11 is 5.54. The van der Waals surface area contributed by atoms with Crippen molar-refractivity contribution in [3.05, 3.63) is 17.7 Å². The maximum atomic E-state index is 9.40. The van der Waals surface area contributed by atoms with E-state index in [2.05, 4.69) is 5.32 Å². The van der Waals surface area contributed by atoms with Gasteiger partial charge in [0.15, 0.2) is 11.5 Å². The Balaban J connectivity index is 2.11. The van der Waals surface area contributed by atoms with Crippen molar-refractivity contribution in [1.29, 1.82) is 0 Å². The van der Waals surface area contributed by atoms with Gasteiger partial charge in [-0.3, -0.25) is 0 Å². The van der Waals surface area contributed by atoms with Crippen LogP contribution in [0.15, 0.2) is 12.1 Å². The number of alkyl halides is 1. The van der Waals surface area contributed by atoms with Crippen molar-refractivity contribution in [2.75, 3.05) is 31.0 Å². The van der Waals surface area contributed by atoms with Gasteiger partial charge < -0.3 is 19.9 Å². The van der Waals surface area contributed by atoms with E-state index in [0.29, 0.717) is 19.8 Å². The summed E-state index contributed by atoms with van der Waals surface area (Å²) in [6.45, 7) is 3.56. The van der Waals surface area contributed by atoms with Gasteiger partial charge in [0.05, 0.1) is 12.0 Å². The molecule has 1 unspecified atom stereocenters. The lowest BCUT2D eigenvalue weighted by Gasteiger charge is -2.21. The largest absolute Gasteiger partial charge is 0.486 e. The quantitative estimate of drug-likeness (QED) is 0.808. The minimum Gasteiger partial charge on any atom is -0.486 e. The molecule has 1 heterocycles. The molecular formula is C12H16ClNO3. The van der Waals surface area contributed by atoms with E-state index >= 15 is 0 Å². The third-order valence-corrected chi connectivity index (χ3v) is 2.95. The second-order valence-corrected chi connectivity index (χ2v) is 4.31. The molecule has 1 atom stereocenters. The Bertz CT molecular complexity index is 398. The summed E-state index contributed by atoms with van der Waals surface area (Å²) in [7, 11) is 0. The Kier molecular flexibility index (Phi) is 3.97. The van der Waals surface area contributed by atoms with Crippen molar-refractivity contribution in [3.63, 3.8) is 0 Å². The van der Waals surface area contributed by atoms with Gasteiger partial charge in [-0.05, 0) is 18.6 Å². The van der Waals surface area contributed by atoms with E-state index in [4.69, 9.17) is 21.1 Å². The molecule has 0 spiro atoms. The molecule has 0 bridgehead atoms. The topological polar surface area (TPSA) is 50.7 Å². The number of hydrogen-bond acceptors (Lipinski definition) is 4. The van der Waals surface area contributed by atoms with Gasteiger partial charge in [-0.2, -0.15) is 0 Å². The molecule has 2 N–H and O–H groups in total. The zero-order valence-corrected chi connectivity index (χ0v) is 10.5. The van der Waals surface area contributed by atoms with Crippen molar-refractivity contribution < 1.29 is 14.6 Å². The molecule has 0 amide bonds. The number of rotatable bonds is 4. The highest BCUT2D eigenvalue weighted by Gasteiger charge is 2.14. The fourth-order valence-corrected chi connectivity index (χ4v) is 1.77. The first-order chi connectivity index (χ1) is 8.20. The van der Waals surface area contributed by atoms with Crippen LogP contribution in [0.1, 0.15) is 5.56 Å². The average molecular weight is 258 g/mol. The maximum absolute atomic E-state index is 9.40. The summed E-state index contributed by atoms with van der Waals surface area (Å²) in [4.78, 5) is 0. The number of fused-ring (bicyclic) bond motifs is 1. The van der Waals surface area contributed by atoms with E-state index in [-0.39, 0.29) is 5.88 Å². The number of halogens is 1. The highest BCUT2D eigenvalue weighted by molar-refractivity contribution is 6.18. The van der Waals surface area contributed by atoms with Crippen molar-refractivity contribution >= 4 is 17.3 Å². The SMILES string of the molecule is Cc1cc2c(cc1NCC(O)CCl)OCCO2. The van der Waals surface area contributed by atoms with Crippen LogP contribution in [-0.2, 0) is 0 Å². The number of aliphatic hydroxyl groups is 1. The summed E-state index contributed by atoms with van der Waals surface area (Å²) in [6.07, 6.45) is -0.552. The van der Waals surface area contributed by atoms with E-state index in [1.54, 1.807) is 0 Å². The fraction of sp³-hybridized carbons (Fsp3) is 0.500. The lowest BCUT2D eigenvalue weighted by molar-refractivity contribution is 0.171. The number of nitrogens with one attached hydrogen (secondary N) is 1. The van der Waals surface area contributed by atoms with Crippen molar-refractivity contribution in [3.8, 4) is 11.5 Å². The first-order valence-electron chi connectivity index (χ1n) is 5.59. The first kappa shape index (κ1) is 12.3. The second-order valence-electron chi connectivity index (χ2n) is 4.00. The molecule has 1 aromatic rings. The molecule has 17 heavy (non-hydrogen) atoms. The number of aryl methyl sites for hydroxylation is 1. The summed E-state index contributed by atoms with van der Waals surface area (Å²) in [5, 5.41) is 12.5. The minimum atomic E-state index is -0.552. The van der Waals surface area contributed by atoms with Crippen LogP contribution in [0.4, 0.5) is 5.69 Å². The van der Waals surface area contributed by atoms with E-state index in [1.807, 2.05) is 19.1 Å². The van der Waals surface area contributed by atoms with Crippen LogP contribution in [0.5, 0.6) is 11.5 Å². The van der Waals surface area contributed by atoms with Gasteiger partial charge in [0, 0.05) is 18.3 Å². The minimum absolute atomic E-state index is 0.219. The van der Waals surface area contributed by atoms with Crippen molar-refractivity contribution in [2.24, 2.45) is 0 Å². The molecule has 5 heteroatoms. The molecule has 0 aromatic heterocycles. The number of anilines is 1. The summed E-state index contributed by atoms with van der Waals surface area (Å²) < 4.78 is 11.0. The van der Waals surface area contributed by atoms with Gasteiger partial charge in [0.2, 0.25) is 0 Å². The summed E-state index contributed by atoms with van der Waals surface area (Å²) in [6, 6.07) is 3.83. The summed E-state index contributed by atoms with van der Waals surface area (Å²) in [5.74, 6) is 1.73. The molecule has 94 valence electrons. The van der Waals surface area contributed by atoms with Crippen molar-refractivity contribution in [1.82, 2.24) is 0 Å². The van der Waals surface area contributed by atoms with Crippen LogP contribution in [0, 0.1) is 6.92 Å². The second kappa shape index (κ2) is 5.47. The number of hydrogen-bond donors (Lipinski definition) is 2. The lowest BCUT2D eigenvalue weighted by atomic mass is 10.1. The zero-order chi connectivity index (χ0) is 12.3. The molecule has 0 fully saturated rings. The van der Waals surface area contributed by atoms with E-state index < -0.39 is 6.10 Å². The van der Waals surface area contributed by atoms with Gasteiger partial charge in [-0.25, -0.2) is 0 Å². The van der Waals surface area contributed by atoms with Crippen LogP contribution in [0.25, 0.3) is 0 Å². The molecule has 0 radical (unpaired) electrons. The van der Waals surface area contributed by atoms with E-state index in [1.165, 1.54) is 0 Å². The lowest BCUT2D eigenvalue weighted by Crippen LogP contribution is -2.21. The predicted molar refractivity (Wildman–Crippen MR) is 67.4 cm³/mol. The van der Waals surface area contributed by atoms with Crippen molar-refractivity contribution in [2.45, 2.75) is 13.0 Å². The van der Waals surface area contributed by atoms with Gasteiger partial charge in [0.1, 0.15) is 13.2 Å². The molecule has 2 rings (SSSR count). The molecular weight excluding hydrogens is 242 g/mol. The summed E-state index contributed by atoms with van der Waals surface area (Å²) in [5.41, 5.74) is 1.98. The van der Waals surface area contributed by atoms with E-state index in [9.17, 15) is 5.11 Å². The van der Waals surface area contributed by atoms with Crippen LogP contribution >= 0.6 is 11.6 Å². The molecule has 0 saturated heterocycles. The average Bonchev–Trinajstić information content (AvgIpc) is 2.35. The van der Waals surface area contributed by atoms with Gasteiger partial charge in [-0.15, -0.1) is 11.6 Å². The molecule has 0 saturated carbocycles. The Morgan fingerprint density at radius 1 is 1.35 bits per heavy atom. The number of benzene rings is 1. The molecule has 1 aliphatic rings. The van der Waals surface area contributed by atoms with Crippen LogP contribution in [0.3, 0.4) is 0 Å². The van der Waals surface area contributed by atoms with Crippen LogP contribution in [-0.4, -0.2) is 36.8 Å². The number of ether oxygens (including phenoxy) is 2. The van der Waals surface area contributed by atoms with Crippen LogP contribution in [0.2, 0.25) is 0 Å². The number of aliphatic hydroxyl groups excluding tert-OH is 1. The van der Waals surface area contributed by atoms with Gasteiger partial charge >= 0.3 is 0 Å². The zero-order valence-electron chi connectivity index (χ0n) is 9.70. The molecule has 4 nitrogen and oxygen atoms in total. The third kappa shape index (κ3) is 2.96. The molecule has 1 aromatic carbocycles. The Hall–Kier alpha value is -1.13. The van der Waals surface area contributed by atoms with E-state index in [0.717, 1.165) is 22.7 Å². The maximum Gasteiger partial charge on any atom is 0.163 e. The van der Waals surface area contributed by atoms with Crippen LogP contribution < -0.4 is 14.8 Å². The monoisotopic (exact) mass is 257 g/mol. The highest BCUT2D eigenvalue weighted by Crippen LogP contribution is 2.35. The highest BCUT2D eigenvalue weighted by atomic mass is 35.5. The normalized spacial score (nSPS) is 15.5. The fourth-order valence-electron chi connectivity index (χ4n) is 1.66. The van der Waals surface area contributed by atoms with Gasteiger partial charge in [-0.1, -0.05) is 0 Å². The third-order valence-electron chi connectivity index (χ3n) is 2.60. The standard InChI is InChI=1S/C12H16ClNO3/c1-8-4-11-12(17-3-2-16-11)5-10(8)14-7-9(15)6-13/h4-5,9,14-15H,2-3,6-7H2,1H3. The Morgan fingerprint density at radius 2 is 2.00 bits per heavy atom. The smallest absolute Gasteiger partial charge is 0.163 e. The molecule has 1 aliphatic heterocycles. The first-order valence-corrected chi connectivity index (χ1v) is 6.12. The Labute approximate surface area is 105 Å². The predicted octanol–water partition coefficient (Wildman–Crippen LogP) is 1.78. The van der Waals surface area contributed by atoms with Gasteiger partial charge in [0.25, 0.3) is 0 Å².